The molecule has 2 heterocycles. The average molecular weight is 405 g/mol. The van der Waals surface area contributed by atoms with Crippen molar-refractivity contribution >= 4 is 17.4 Å². The Hall–Kier alpha value is -2.46. The standard InChI is InChI=1S/C26H32N2O2/c1-18-14-19(2)16-23(15-18)20-9-12-28(13-10-20)11-3-4-25(29)22-5-7-24-21(17-22)6-8-26(30)27-24/h5,7,14-17,20H,3-4,6,8-13H2,1-2H3,(H,27,30). The largest absolute Gasteiger partial charge is 0.326 e. The molecule has 1 N–H and O–H groups in total. The molecule has 4 heteroatoms. The van der Waals surface area contributed by atoms with E-state index in [1.807, 2.05) is 18.2 Å². The molecular formula is C26H32N2O2. The molecule has 0 aromatic heterocycles. The van der Waals surface area contributed by atoms with Gasteiger partial charge in [0.25, 0.3) is 0 Å². The number of Topliss-reactive ketones (excluding diaryl/α,β-unsaturated/α-hetero) is 1. The molecule has 30 heavy (non-hydrogen) atoms. The third-order valence-electron chi connectivity index (χ3n) is 6.50. The summed E-state index contributed by atoms with van der Waals surface area (Å²) in [6, 6.07) is 12.6. The molecule has 0 bridgehead atoms. The summed E-state index contributed by atoms with van der Waals surface area (Å²) in [4.78, 5) is 26.6. The normalized spacial score (nSPS) is 17.5. The first kappa shape index (κ1) is 20.8. The Morgan fingerprint density at radius 3 is 2.50 bits per heavy atom. The molecule has 0 atom stereocenters. The van der Waals surface area contributed by atoms with Crippen LogP contribution in [0.25, 0.3) is 0 Å². The van der Waals surface area contributed by atoms with Gasteiger partial charge in [-0.1, -0.05) is 29.3 Å². The van der Waals surface area contributed by atoms with E-state index < -0.39 is 0 Å². The van der Waals surface area contributed by atoms with Crippen LogP contribution in [-0.2, 0) is 11.2 Å². The van der Waals surface area contributed by atoms with Crippen LogP contribution in [0, 0.1) is 13.8 Å². The van der Waals surface area contributed by atoms with Crippen molar-refractivity contribution in [1.29, 1.82) is 0 Å². The highest BCUT2D eigenvalue weighted by atomic mass is 16.1. The summed E-state index contributed by atoms with van der Waals surface area (Å²) >= 11 is 0. The lowest BCUT2D eigenvalue weighted by atomic mass is 9.87. The Bertz CT molecular complexity index is 922. The number of nitrogens with one attached hydrogen (secondary N) is 1. The smallest absolute Gasteiger partial charge is 0.224 e. The van der Waals surface area contributed by atoms with Crippen molar-refractivity contribution < 1.29 is 9.59 Å². The van der Waals surface area contributed by atoms with Gasteiger partial charge in [-0.2, -0.15) is 0 Å². The van der Waals surface area contributed by atoms with E-state index in [1.54, 1.807) is 0 Å². The topological polar surface area (TPSA) is 49.4 Å². The van der Waals surface area contributed by atoms with E-state index in [2.05, 4.69) is 42.3 Å². The van der Waals surface area contributed by atoms with E-state index in [0.717, 1.165) is 49.3 Å². The van der Waals surface area contributed by atoms with E-state index >= 15 is 0 Å². The molecule has 1 amide bonds. The molecule has 0 unspecified atom stereocenters. The summed E-state index contributed by atoms with van der Waals surface area (Å²) in [7, 11) is 0. The maximum Gasteiger partial charge on any atom is 0.224 e. The van der Waals surface area contributed by atoms with Crippen LogP contribution in [0.3, 0.4) is 0 Å². The number of hydrogen-bond acceptors (Lipinski definition) is 3. The number of carbonyl (C=O) groups excluding carboxylic acids is 2. The number of fused-ring (bicyclic) bond motifs is 1. The third kappa shape index (κ3) is 4.99. The highest BCUT2D eigenvalue weighted by molar-refractivity contribution is 5.98. The van der Waals surface area contributed by atoms with Crippen molar-refractivity contribution in [2.45, 2.75) is 58.3 Å². The van der Waals surface area contributed by atoms with Crippen molar-refractivity contribution in [3.63, 3.8) is 0 Å². The lowest BCUT2D eigenvalue weighted by Crippen LogP contribution is -2.33. The Morgan fingerprint density at radius 1 is 1.03 bits per heavy atom. The van der Waals surface area contributed by atoms with E-state index in [9.17, 15) is 9.59 Å². The molecule has 4 rings (SSSR count). The average Bonchev–Trinajstić information content (AvgIpc) is 2.73. The van der Waals surface area contributed by atoms with Gasteiger partial charge < -0.3 is 10.2 Å². The minimum atomic E-state index is 0.0582. The van der Waals surface area contributed by atoms with Crippen LogP contribution in [0.1, 0.15) is 70.6 Å². The van der Waals surface area contributed by atoms with Gasteiger partial charge in [0, 0.05) is 24.1 Å². The van der Waals surface area contributed by atoms with E-state index in [0.29, 0.717) is 18.8 Å². The van der Waals surface area contributed by atoms with Crippen LogP contribution in [0.2, 0.25) is 0 Å². The van der Waals surface area contributed by atoms with Crippen molar-refractivity contribution in [3.05, 3.63) is 64.2 Å². The first-order chi connectivity index (χ1) is 14.5. The number of hydrogen-bond donors (Lipinski definition) is 1. The van der Waals surface area contributed by atoms with Crippen molar-refractivity contribution in [1.82, 2.24) is 4.90 Å². The summed E-state index contributed by atoms with van der Waals surface area (Å²) in [5.74, 6) is 0.931. The summed E-state index contributed by atoms with van der Waals surface area (Å²) in [6.45, 7) is 7.59. The highest BCUT2D eigenvalue weighted by Crippen LogP contribution is 2.29. The molecule has 158 valence electrons. The van der Waals surface area contributed by atoms with Gasteiger partial charge in [-0.05, 0) is 94.4 Å². The Balaban J connectivity index is 1.23. The Kier molecular flexibility index (Phi) is 6.33. The molecule has 1 fully saturated rings. The third-order valence-corrected chi connectivity index (χ3v) is 6.50. The van der Waals surface area contributed by atoms with Crippen LogP contribution < -0.4 is 5.32 Å². The predicted octanol–water partition coefficient (Wildman–Crippen LogP) is 5.03. The Morgan fingerprint density at radius 2 is 1.77 bits per heavy atom. The second kappa shape index (κ2) is 9.13. The molecule has 2 aromatic carbocycles. The number of carbonyl (C=O) groups is 2. The number of anilines is 1. The molecule has 0 radical (unpaired) electrons. The van der Waals surface area contributed by atoms with Gasteiger partial charge >= 0.3 is 0 Å². The fourth-order valence-corrected chi connectivity index (χ4v) is 4.90. The summed E-state index contributed by atoms with van der Waals surface area (Å²) in [5, 5.41) is 2.88. The molecule has 0 spiro atoms. The fraction of sp³-hybridized carbons (Fsp3) is 0.462. The molecule has 2 aromatic rings. The summed E-state index contributed by atoms with van der Waals surface area (Å²) < 4.78 is 0. The zero-order valence-corrected chi connectivity index (χ0v) is 18.2. The fourth-order valence-electron chi connectivity index (χ4n) is 4.90. The SMILES string of the molecule is Cc1cc(C)cc(C2CCN(CCCC(=O)c3ccc4c(c3)CCC(=O)N4)CC2)c1. The number of ketones is 1. The second-order valence-corrected chi connectivity index (χ2v) is 8.98. The zero-order chi connectivity index (χ0) is 21.1. The lowest BCUT2D eigenvalue weighted by Gasteiger charge is -2.32. The number of benzene rings is 2. The number of piperidine rings is 1. The van der Waals surface area contributed by atoms with E-state index in [1.165, 1.54) is 29.5 Å². The quantitative estimate of drug-likeness (QED) is 0.687. The molecule has 2 aliphatic rings. The second-order valence-electron chi connectivity index (χ2n) is 8.98. The van der Waals surface area contributed by atoms with Crippen LogP contribution in [0.5, 0.6) is 0 Å². The minimum Gasteiger partial charge on any atom is -0.326 e. The monoisotopic (exact) mass is 404 g/mol. The molecule has 1 saturated heterocycles. The number of aryl methyl sites for hydroxylation is 3. The van der Waals surface area contributed by atoms with Crippen molar-refractivity contribution in [3.8, 4) is 0 Å². The van der Waals surface area contributed by atoms with Gasteiger partial charge in [0.05, 0.1) is 0 Å². The van der Waals surface area contributed by atoms with Gasteiger partial charge in [0.2, 0.25) is 5.91 Å². The number of amides is 1. The minimum absolute atomic E-state index is 0.0582. The maximum atomic E-state index is 12.6. The van der Waals surface area contributed by atoms with Gasteiger partial charge in [-0.15, -0.1) is 0 Å². The van der Waals surface area contributed by atoms with Gasteiger partial charge in [-0.25, -0.2) is 0 Å². The summed E-state index contributed by atoms with van der Waals surface area (Å²) in [5.41, 5.74) is 6.92. The summed E-state index contributed by atoms with van der Waals surface area (Å²) in [6.07, 6.45) is 5.12. The lowest BCUT2D eigenvalue weighted by molar-refractivity contribution is -0.116. The van der Waals surface area contributed by atoms with Crippen LogP contribution in [0.15, 0.2) is 36.4 Å². The van der Waals surface area contributed by atoms with Crippen LogP contribution in [-0.4, -0.2) is 36.2 Å². The molecule has 2 aliphatic heterocycles. The molecule has 0 aliphatic carbocycles. The molecule has 0 saturated carbocycles. The number of rotatable bonds is 6. The van der Waals surface area contributed by atoms with Crippen LogP contribution >= 0.6 is 0 Å². The van der Waals surface area contributed by atoms with Gasteiger partial charge in [-0.3, -0.25) is 9.59 Å². The number of nitrogens with zero attached hydrogens (tertiary/aromatic N) is 1. The van der Waals surface area contributed by atoms with Gasteiger partial charge in [0.15, 0.2) is 5.78 Å². The highest BCUT2D eigenvalue weighted by Gasteiger charge is 2.21. The van der Waals surface area contributed by atoms with Crippen molar-refractivity contribution in [2.24, 2.45) is 0 Å². The first-order valence-corrected chi connectivity index (χ1v) is 11.2. The molecular weight excluding hydrogens is 372 g/mol. The first-order valence-electron chi connectivity index (χ1n) is 11.2. The van der Waals surface area contributed by atoms with Crippen molar-refractivity contribution in [2.75, 3.05) is 25.0 Å². The molecule has 4 nitrogen and oxygen atoms in total. The van der Waals surface area contributed by atoms with E-state index in [4.69, 9.17) is 0 Å². The number of likely N-dealkylation sites (tertiary alicyclic amines) is 1. The maximum absolute atomic E-state index is 12.6. The van der Waals surface area contributed by atoms with Crippen LogP contribution in [0.4, 0.5) is 5.69 Å². The predicted molar refractivity (Wildman–Crippen MR) is 121 cm³/mol. The van der Waals surface area contributed by atoms with Gasteiger partial charge in [0.1, 0.15) is 0 Å². The zero-order valence-electron chi connectivity index (χ0n) is 18.2. The Labute approximate surface area is 179 Å². The van der Waals surface area contributed by atoms with E-state index in [-0.39, 0.29) is 11.7 Å².